The smallest absolute Gasteiger partial charge is 0.277 e. The highest BCUT2D eigenvalue weighted by Gasteiger charge is 2.62. The Morgan fingerprint density at radius 1 is 1.39 bits per heavy atom. The molecule has 2 heterocycles. The van der Waals surface area contributed by atoms with E-state index >= 15 is 0 Å². The highest BCUT2D eigenvalue weighted by molar-refractivity contribution is 7.09. The highest BCUT2D eigenvalue weighted by Crippen LogP contribution is 2.48. The van der Waals surface area contributed by atoms with Crippen molar-refractivity contribution in [3.05, 3.63) is 16.6 Å². The first-order chi connectivity index (χ1) is 8.63. The van der Waals surface area contributed by atoms with Gasteiger partial charge in [-0.3, -0.25) is 19.8 Å². The average molecular weight is 265 g/mol. The monoisotopic (exact) mass is 265 g/mol. The second-order valence-corrected chi connectivity index (χ2v) is 5.45. The Morgan fingerprint density at radius 2 is 2.17 bits per heavy atom. The van der Waals surface area contributed by atoms with E-state index in [2.05, 4.69) is 10.3 Å². The number of aromatic nitrogens is 1. The third-order valence-electron chi connectivity index (χ3n) is 3.34. The molecule has 6 nitrogen and oxygen atoms in total. The van der Waals surface area contributed by atoms with Crippen molar-refractivity contribution in [2.24, 2.45) is 5.41 Å². The Labute approximate surface area is 107 Å². The van der Waals surface area contributed by atoms with Crippen LogP contribution in [-0.4, -0.2) is 34.3 Å². The first kappa shape index (κ1) is 11.3. The molecule has 1 aromatic heterocycles. The van der Waals surface area contributed by atoms with Crippen LogP contribution in [0.5, 0.6) is 0 Å². The van der Waals surface area contributed by atoms with E-state index in [1.807, 2.05) is 5.38 Å². The predicted octanol–water partition coefficient (Wildman–Crippen LogP) is 0.544. The Kier molecular flexibility index (Phi) is 2.44. The standard InChI is InChI=1S/C11H11N3O3S/c15-8-11(2-3-11)9(16)14(10(17)13-8)5-1-7-12-4-6-18-7/h4,6H,1-3,5H2,(H,13,15,17). The molecule has 1 N–H and O–H groups in total. The molecule has 1 aromatic rings. The molecule has 2 aliphatic rings. The van der Waals surface area contributed by atoms with Crippen molar-refractivity contribution < 1.29 is 14.4 Å². The number of urea groups is 1. The van der Waals surface area contributed by atoms with E-state index in [-0.39, 0.29) is 12.5 Å². The Hall–Kier alpha value is -1.76. The normalized spacial score (nSPS) is 21.3. The first-order valence-electron chi connectivity index (χ1n) is 5.69. The summed E-state index contributed by atoms with van der Waals surface area (Å²) in [4.78, 5) is 40.6. The lowest BCUT2D eigenvalue weighted by Crippen LogP contribution is -2.59. The Morgan fingerprint density at radius 3 is 2.78 bits per heavy atom. The summed E-state index contributed by atoms with van der Waals surface area (Å²) >= 11 is 1.48. The fourth-order valence-corrected chi connectivity index (χ4v) is 2.69. The van der Waals surface area contributed by atoms with E-state index in [4.69, 9.17) is 0 Å². The molecule has 0 radical (unpaired) electrons. The van der Waals surface area contributed by atoms with Crippen molar-refractivity contribution in [3.8, 4) is 0 Å². The van der Waals surface area contributed by atoms with E-state index in [9.17, 15) is 14.4 Å². The molecule has 0 bridgehead atoms. The van der Waals surface area contributed by atoms with Crippen molar-refractivity contribution in [2.45, 2.75) is 19.3 Å². The van der Waals surface area contributed by atoms with Gasteiger partial charge in [0.05, 0.1) is 5.01 Å². The molecule has 1 spiro atoms. The summed E-state index contributed by atoms with van der Waals surface area (Å²) < 4.78 is 0. The number of thiazole rings is 1. The summed E-state index contributed by atoms with van der Waals surface area (Å²) in [6, 6.07) is -0.612. The summed E-state index contributed by atoms with van der Waals surface area (Å²) in [5, 5.41) is 4.97. The van der Waals surface area contributed by atoms with Gasteiger partial charge in [-0.1, -0.05) is 0 Å². The highest BCUT2D eigenvalue weighted by atomic mass is 32.1. The van der Waals surface area contributed by atoms with Gasteiger partial charge in [-0.2, -0.15) is 0 Å². The van der Waals surface area contributed by atoms with Gasteiger partial charge in [-0.05, 0) is 12.8 Å². The van der Waals surface area contributed by atoms with Crippen LogP contribution in [0.1, 0.15) is 17.8 Å². The molecule has 0 aromatic carbocycles. The zero-order valence-corrected chi connectivity index (χ0v) is 10.3. The third-order valence-corrected chi connectivity index (χ3v) is 4.18. The maximum atomic E-state index is 12.1. The summed E-state index contributed by atoms with van der Waals surface area (Å²) in [6.07, 6.45) is 3.29. The summed E-state index contributed by atoms with van der Waals surface area (Å²) in [5.74, 6) is -0.796. The number of hydrogen-bond acceptors (Lipinski definition) is 5. The Balaban J connectivity index is 1.73. The van der Waals surface area contributed by atoms with Crippen molar-refractivity contribution in [3.63, 3.8) is 0 Å². The van der Waals surface area contributed by atoms with Gasteiger partial charge < -0.3 is 0 Å². The van der Waals surface area contributed by atoms with Crippen molar-refractivity contribution in [2.75, 3.05) is 6.54 Å². The van der Waals surface area contributed by atoms with E-state index in [0.29, 0.717) is 19.3 Å². The summed E-state index contributed by atoms with van der Waals surface area (Å²) in [6.45, 7) is 0.271. The summed E-state index contributed by atoms with van der Waals surface area (Å²) in [5.41, 5.74) is -0.948. The maximum Gasteiger partial charge on any atom is 0.330 e. The van der Waals surface area contributed by atoms with Crippen LogP contribution in [0.4, 0.5) is 4.79 Å². The molecule has 1 saturated heterocycles. The van der Waals surface area contributed by atoms with E-state index < -0.39 is 17.4 Å². The van der Waals surface area contributed by atoms with Crippen LogP contribution in [0.15, 0.2) is 11.6 Å². The lowest BCUT2D eigenvalue weighted by molar-refractivity contribution is -0.144. The first-order valence-corrected chi connectivity index (χ1v) is 6.57. The zero-order chi connectivity index (χ0) is 12.8. The van der Waals surface area contributed by atoms with Gasteiger partial charge in [0, 0.05) is 24.5 Å². The minimum Gasteiger partial charge on any atom is -0.277 e. The minimum absolute atomic E-state index is 0.271. The van der Waals surface area contributed by atoms with E-state index in [0.717, 1.165) is 9.91 Å². The maximum absolute atomic E-state index is 12.1. The predicted molar refractivity (Wildman–Crippen MR) is 62.7 cm³/mol. The molecule has 94 valence electrons. The van der Waals surface area contributed by atoms with Gasteiger partial charge in [0.15, 0.2) is 0 Å². The zero-order valence-electron chi connectivity index (χ0n) is 9.51. The molecule has 1 aliphatic heterocycles. The van der Waals surface area contributed by atoms with Crippen molar-refractivity contribution >= 4 is 29.2 Å². The fraction of sp³-hybridized carbons (Fsp3) is 0.455. The number of rotatable bonds is 3. The van der Waals surface area contributed by atoms with Crippen LogP contribution in [0, 0.1) is 5.41 Å². The number of barbiturate groups is 1. The Bertz CT molecular complexity index is 522. The van der Waals surface area contributed by atoms with Crippen LogP contribution >= 0.6 is 11.3 Å². The van der Waals surface area contributed by atoms with Crippen LogP contribution in [0.2, 0.25) is 0 Å². The molecule has 1 aliphatic carbocycles. The van der Waals surface area contributed by atoms with Crippen LogP contribution in [0.3, 0.4) is 0 Å². The van der Waals surface area contributed by atoms with E-state index in [1.165, 1.54) is 11.3 Å². The third kappa shape index (κ3) is 1.62. The molecule has 18 heavy (non-hydrogen) atoms. The molecule has 0 atom stereocenters. The molecular formula is C11H11N3O3S. The van der Waals surface area contributed by atoms with Crippen molar-refractivity contribution in [1.82, 2.24) is 15.2 Å². The molecule has 0 unspecified atom stereocenters. The number of nitrogens with zero attached hydrogens (tertiary/aromatic N) is 2. The molecule has 7 heteroatoms. The number of carbonyl (C=O) groups excluding carboxylic acids is 3. The van der Waals surface area contributed by atoms with Gasteiger partial charge >= 0.3 is 6.03 Å². The number of amides is 4. The molecule has 2 fully saturated rings. The summed E-state index contributed by atoms with van der Waals surface area (Å²) in [7, 11) is 0. The number of carbonyl (C=O) groups is 3. The molecule has 3 rings (SSSR count). The average Bonchev–Trinajstić information content (AvgIpc) is 2.99. The topological polar surface area (TPSA) is 79.4 Å². The van der Waals surface area contributed by atoms with Crippen LogP contribution in [0.25, 0.3) is 0 Å². The quantitative estimate of drug-likeness (QED) is 0.809. The SMILES string of the molecule is O=C1NC(=O)C2(CC2)C(=O)N1CCc1nccs1. The van der Waals surface area contributed by atoms with Gasteiger partial charge in [0.1, 0.15) is 5.41 Å². The second-order valence-electron chi connectivity index (χ2n) is 4.47. The van der Waals surface area contributed by atoms with Gasteiger partial charge in [0.2, 0.25) is 11.8 Å². The minimum atomic E-state index is -0.948. The lowest BCUT2D eigenvalue weighted by atomic mass is 10.0. The van der Waals surface area contributed by atoms with Gasteiger partial charge in [-0.15, -0.1) is 11.3 Å². The fourth-order valence-electron chi connectivity index (χ4n) is 2.08. The molecular weight excluding hydrogens is 254 g/mol. The van der Waals surface area contributed by atoms with Gasteiger partial charge in [-0.25, -0.2) is 9.78 Å². The largest absolute Gasteiger partial charge is 0.330 e. The number of hydrogen-bond donors (Lipinski definition) is 1. The number of nitrogens with one attached hydrogen (secondary N) is 1. The van der Waals surface area contributed by atoms with E-state index in [1.54, 1.807) is 6.20 Å². The second kappa shape index (κ2) is 3.88. The van der Waals surface area contributed by atoms with Gasteiger partial charge in [0.25, 0.3) is 0 Å². The lowest BCUT2D eigenvalue weighted by Gasteiger charge is -2.29. The van der Waals surface area contributed by atoms with Crippen LogP contribution in [-0.2, 0) is 16.0 Å². The molecule has 4 amide bonds. The van der Waals surface area contributed by atoms with Crippen molar-refractivity contribution in [1.29, 1.82) is 0 Å². The van der Waals surface area contributed by atoms with Crippen LogP contribution < -0.4 is 5.32 Å². The molecule has 1 saturated carbocycles. The number of imide groups is 2.